The Bertz CT molecular complexity index is 2020. The lowest BCUT2D eigenvalue weighted by atomic mass is 9.80. The summed E-state index contributed by atoms with van der Waals surface area (Å²) in [6, 6.07) is 32.7. The fourth-order valence-corrected chi connectivity index (χ4v) is 5.75. The monoisotopic (exact) mass is 687 g/mol. The van der Waals surface area contributed by atoms with Gasteiger partial charge in [0.25, 0.3) is 5.91 Å². The average molecular weight is 688 g/mol. The number of aliphatic hydroxyl groups is 1. The Labute approximate surface area is 294 Å². The summed E-state index contributed by atoms with van der Waals surface area (Å²) >= 11 is 0. The standard InChI is InChI=1S/C39H37N5O7/c1-44(38(47)51-33-22-40-35-34(33)41-25-42-36(35)43-37(46)26-10-6-4-7-11-26)30(23-45)24-50-39(27-12-8-5-9-13-27,28-14-18-31(48-2)19-15-28)29-16-20-32(49-3)21-17-29/h4-22,25,30,40,45H,23-24H2,1-3H3,(H,41,42,43,46). The van der Waals surface area contributed by atoms with Crippen LogP contribution in [0.1, 0.15) is 27.0 Å². The number of nitrogens with zero attached hydrogens (tertiary/aromatic N) is 3. The first-order valence-corrected chi connectivity index (χ1v) is 16.1. The van der Waals surface area contributed by atoms with Crippen LogP contribution in [0.5, 0.6) is 17.2 Å². The van der Waals surface area contributed by atoms with Crippen LogP contribution in [0.4, 0.5) is 10.6 Å². The summed E-state index contributed by atoms with van der Waals surface area (Å²) in [4.78, 5) is 39.1. The van der Waals surface area contributed by atoms with Crippen LogP contribution in [0.2, 0.25) is 0 Å². The van der Waals surface area contributed by atoms with Crippen molar-refractivity contribution in [2.24, 2.45) is 0 Å². The van der Waals surface area contributed by atoms with E-state index in [1.54, 1.807) is 38.5 Å². The second-order valence-corrected chi connectivity index (χ2v) is 11.5. The SMILES string of the molecule is COc1ccc(C(OCC(CO)N(C)C(=O)Oc2c[nH]c3c(NC(=O)c4ccccc4)ncnc23)(c2ccccc2)c2ccc(OC)cc2)cc1. The van der Waals surface area contributed by atoms with Crippen molar-refractivity contribution in [3.8, 4) is 17.2 Å². The van der Waals surface area contributed by atoms with Crippen LogP contribution in [0.15, 0.2) is 122 Å². The summed E-state index contributed by atoms with van der Waals surface area (Å²) in [7, 11) is 4.73. The van der Waals surface area contributed by atoms with Gasteiger partial charge < -0.3 is 39.3 Å². The molecule has 2 amide bonds. The normalized spacial score (nSPS) is 11.8. The number of rotatable bonds is 13. The van der Waals surface area contributed by atoms with Gasteiger partial charge in [0.2, 0.25) is 0 Å². The summed E-state index contributed by atoms with van der Waals surface area (Å²) in [5.74, 6) is 1.34. The Kier molecular flexibility index (Phi) is 10.5. The Morgan fingerprint density at radius 1 is 0.824 bits per heavy atom. The molecule has 1 unspecified atom stereocenters. The molecule has 1 atom stereocenters. The van der Waals surface area contributed by atoms with Crippen LogP contribution >= 0.6 is 0 Å². The van der Waals surface area contributed by atoms with Gasteiger partial charge in [0.05, 0.1) is 33.5 Å². The summed E-state index contributed by atoms with van der Waals surface area (Å²) in [5, 5.41) is 13.3. The Morgan fingerprint density at radius 3 is 1.96 bits per heavy atom. The molecular weight excluding hydrogens is 650 g/mol. The molecule has 0 saturated carbocycles. The fourth-order valence-electron chi connectivity index (χ4n) is 5.75. The number of likely N-dealkylation sites (N-methyl/N-ethyl adjacent to an activating group) is 1. The number of fused-ring (bicyclic) bond motifs is 1. The molecule has 4 aromatic carbocycles. The lowest BCUT2D eigenvalue weighted by Crippen LogP contribution is -2.46. The number of aliphatic hydroxyl groups excluding tert-OH is 1. The van der Waals surface area contributed by atoms with Gasteiger partial charge in [0, 0.05) is 18.8 Å². The highest BCUT2D eigenvalue weighted by Crippen LogP contribution is 2.42. The zero-order valence-electron chi connectivity index (χ0n) is 28.3. The lowest BCUT2D eigenvalue weighted by Gasteiger charge is -2.38. The van der Waals surface area contributed by atoms with Crippen LogP contribution in [-0.4, -0.2) is 77.5 Å². The van der Waals surface area contributed by atoms with Crippen LogP contribution in [0, 0.1) is 0 Å². The molecule has 0 fully saturated rings. The van der Waals surface area contributed by atoms with Crippen molar-refractivity contribution in [3.05, 3.63) is 144 Å². The van der Waals surface area contributed by atoms with Gasteiger partial charge in [-0.3, -0.25) is 4.79 Å². The van der Waals surface area contributed by atoms with E-state index in [1.807, 2.05) is 84.9 Å². The molecule has 51 heavy (non-hydrogen) atoms. The second kappa shape index (κ2) is 15.5. The first-order chi connectivity index (χ1) is 24.9. The number of hydrogen-bond donors (Lipinski definition) is 3. The van der Waals surface area contributed by atoms with E-state index in [2.05, 4.69) is 20.3 Å². The van der Waals surface area contributed by atoms with Crippen LogP contribution in [-0.2, 0) is 10.3 Å². The smallest absolute Gasteiger partial charge is 0.415 e. The maximum atomic E-state index is 13.6. The molecule has 12 nitrogen and oxygen atoms in total. The molecule has 0 aliphatic carbocycles. The molecule has 260 valence electrons. The molecule has 6 rings (SSSR count). The van der Waals surface area contributed by atoms with E-state index >= 15 is 0 Å². The number of hydrogen-bond acceptors (Lipinski definition) is 9. The maximum Gasteiger partial charge on any atom is 0.415 e. The maximum absolute atomic E-state index is 13.6. The van der Waals surface area contributed by atoms with Crippen molar-refractivity contribution in [2.45, 2.75) is 11.6 Å². The highest BCUT2D eigenvalue weighted by Gasteiger charge is 2.39. The van der Waals surface area contributed by atoms with E-state index < -0.39 is 24.3 Å². The number of carbonyl (C=O) groups is 2. The Hall–Kier alpha value is -6.24. The average Bonchev–Trinajstić information content (AvgIpc) is 3.60. The van der Waals surface area contributed by atoms with Gasteiger partial charge in [0.1, 0.15) is 34.5 Å². The third kappa shape index (κ3) is 7.23. The van der Waals surface area contributed by atoms with Gasteiger partial charge in [0.15, 0.2) is 11.6 Å². The largest absolute Gasteiger partial charge is 0.497 e. The van der Waals surface area contributed by atoms with Crippen molar-refractivity contribution >= 4 is 28.9 Å². The molecule has 2 heterocycles. The highest BCUT2D eigenvalue weighted by atomic mass is 16.6. The molecular formula is C39H37N5O7. The van der Waals surface area contributed by atoms with Crippen molar-refractivity contribution in [1.29, 1.82) is 0 Å². The molecule has 0 radical (unpaired) electrons. The van der Waals surface area contributed by atoms with E-state index in [-0.39, 0.29) is 29.6 Å². The molecule has 3 N–H and O–H groups in total. The topological polar surface area (TPSA) is 148 Å². The quantitative estimate of drug-likeness (QED) is 0.124. The molecule has 0 spiro atoms. The molecule has 12 heteroatoms. The zero-order valence-corrected chi connectivity index (χ0v) is 28.3. The minimum Gasteiger partial charge on any atom is -0.497 e. The predicted octanol–water partition coefficient (Wildman–Crippen LogP) is 6.03. The van der Waals surface area contributed by atoms with Gasteiger partial charge in [-0.1, -0.05) is 72.8 Å². The first kappa shape index (κ1) is 34.6. The van der Waals surface area contributed by atoms with Gasteiger partial charge in [-0.25, -0.2) is 14.8 Å². The van der Waals surface area contributed by atoms with E-state index in [0.29, 0.717) is 22.6 Å². The minimum atomic E-state index is -1.16. The number of ether oxygens (including phenoxy) is 4. The van der Waals surface area contributed by atoms with E-state index in [0.717, 1.165) is 16.7 Å². The Balaban J connectivity index is 1.26. The number of nitrogens with one attached hydrogen (secondary N) is 2. The third-order valence-corrected chi connectivity index (χ3v) is 8.61. The minimum absolute atomic E-state index is 0.0826. The highest BCUT2D eigenvalue weighted by molar-refractivity contribution is 6.07. The lowest BCUT2D eigenvalue weighted by molar-refractivity contribution is -0.0268. The predicted molar refractivity (Wildman–Crippen MR) is 191 cm³/mol. The summed E-state index contributed by atoms with van der Waals surface area (Å²) < 4.78 is 23.5. The van der Waals surface area contributed by atoms with Crippen molar-refractivity contribution < 1.29 is 33.6 Å². The van der Waals surface area contributed by atoms with E-state index in [1.165, 1.54) is 24.5 Å². The number of aromatic amines is 1. The molecule has 0 saturated heterocycles. The van der Waals surface area contributed by atoms with Crippen LogP contribution in [0.25, 0.3) is 11.0 Å². The summed E-state index contributed by atoms with van der Waals surface area (Å²) in [6.45, 7) is -0.506. The second-order valence-electron chi connectivity index (χ2n) is 11.5. The van der Waals surface area contributed by atoms with Gasteiger partial charge in [-0.2, -0.15) is 0 Å². The first-order valence-electron chi connectivity index (χ1n) is 16.1. The third-order valence-electron chi connectivity index (χ3n) is 8.61. The fraction of sp³-hybridized carbons (Fsp3) is 0.179. The molecule has 6 aromatic rings. The van der Waals surface area contributed by atoms with Crippen LogP contribution in [0.3, 0.4) is 0 Å². The number of carbonyl (C=O) groups excluding carboxylic acids is 2. The molecule has 0 aliphatic rings. The van der Waals surface area contributed by atoms with Gasteiger partial charge in [-0.15, -0.1) is 0 Å². The Morgan fingerprint density at radius 2 is 1.39 bits per heavy atom. The number of anilines is 1. The van der Waals surface area contributed by atoms with Crippen LogP contribution < -0.4 is 19.5 Å². The zero-order chi connectivity index (χ0) is 35.8. The van der Waals surface area contributed by atoms with Crippen molar-refractivity contribution in [1.82, 2.24) is 19.9 Å². The number of amides is 2. The van der Waals surface area contributed by atoms with E-state index in [9.17, 15) is 14.7 Å². The number of benzene rings is 4. The number of methoxy groups -OCH3 is 2. The molecule has 0 aliphatic heterocycles. The summed E-state index contributed by atoms with van der Waals surface area (Å²) in [6.07, 6.45) is 1.97. The van der Waals surface area contributed by atoms with Gasteiger partial charge in [-0.05, 0) is 53.1 Å². The molecule has 2 aromatic heterocycles. The summed E-state index contributed by atoms with van der Waals surface area (Å²) in [5.41, 5.74) is 2.39. The van der Waals surface area contributed by atoms with Crippen molar-refractivity contribution in [3.63, 3.8) is 0 Å². The number of aromatic nitrogens is 3. The van der Waals surface area contributed by atoms with E-state index in [4.69, 9.17) is 18.9 Å². The van der Waals surface area contributed by atoms with Crippen molar-refractivity contribution in [2.75, 3.05) is 39.8 Å². The van der Waals surface area contributed by atoms with Gasteiger partial charge >= 0.3 is 6.09 Å². The number of H-pyrrole nitrogens is 1. The molecule has 0 bridgehead atoms.